The molecule has 0 amide bonds. The molecule has 7 rings (SSSR count). The number of carboxylic acids is 1. The SMILES string of the molecule is CC(c1ccc(C(=O)O)cc1)N1CCC(c2ccc(-n3c(-c4cccnc4N)nc4ccc(-c5ccccc5)nc43)cc2)CC1. The van der Waals surface area contributed by atoms with Crippen LogP contribution in [0.3, 0.4) is 0 Å². The van der Waals surface area contributed by atoms with Gasteiger partial charge in [0.05, 0.1) is 16.8 Å². The van der Waals surface area contributed by atoms with E-state index in [1.807, 2.05) is 54.6 Å². The molecule has 0 bridgehead atoms. The number of benzene rings is 3. The normalized spacial score (nSPS) is 14.9. The van der Waals surface area contributed by atoms with Gasteiger partial charge in [-0.25, -0.2) is 19.7 Å². The Morgan fingerprint density at radius 3 is 2.29 bits per heavy atom. The number of pyridine rings is 2. The molecule has 0 saturated carbocycles. The zero-order valence-electron chi connectivity index (χ0n) is 25.0. The Morgan fingerprint density at radius 1 is 0.867 bits per heavy atom. The number of hydrogen-bond donors (Lipinski definition) is 2. The van der Waals surface area contributed by atoms with Crippen molar-refractivity contribution in [2.45, 2.75) is 31.7 Å². The van der Waals surface area contributed by atoms with Crippen molar-refractivity contribution in [2.24, 2.45) is 0 Å². The third kappa shape index (κ3) is 5.56. The molecule has 0 aliphatic carbocycles. The quantitative estimate of drug-likeness (QED) is 0.199. The number of carbonyl (C=O) groups is 1. The van der Waals surface area contributed by atoms with Crippen molar-refractivity contribution in [1.82, 2.24) is 24.4 Å². The number of nitrogens with zero attached hydrogens (tertiary/aromatic N) is 5. The second-order valence-corrected chi connectivity index (χ2v) is 11.6. The molecule has 3 aromatic heterocycles. The minimum Gasteiger partial charge on any atom is -0.478 e. The van der Waals surface area contributed by atoms with Crippen LogP contribution in [-0.2, 0) is 0 Å². The highest BCUT2D eigenvalue weighted by Crippen LogP contribution is 2.35. The molecule has 224 valence electrons. The van der Waals surface area contributed by atoms with Crippen LogP contribution < -0.4 is 5.73 Å². The van der Waals surface area contributed by atoms with E-state index in [9.17, 15) is 9.90 Å². The van der Waals surface area contributed by atoms with Gasteiger partial charge in [0.15, 0.2) is 11.5 Å². The number of aromatic carboxylic acids is 1. The van der Waals surface area contributed by atoms with E-state index < -0.39 is 5.97 Å². The van der Waals surface area contributed by atoms with Gasteiger partial charge in [-0.3, -0.25) is 9.47 Å². The lowest BCUT2D eigenvalue weighted by Gasteiger charge is -2.36. The summed E-state index contributed by atoms with van der Waals surface area (Å²) >= 11 is 0. The lowest BCUT2D eigenvalue weighted by atomic mass is 9.88. The monoisotopic (exact) mass is 594 g/mol. The third-order valence-electron chi connectivity index (χ3n) is 8.99. The average Bonchev–Trinajstić information content (AvgIpc) is 3.47. The first kappa shape index (κ1) is 28.4. The van der Waals surface area contributed by atoms with Crippen molar-refractivity contribution in [2.75, 3.05) is 18.8 Å². The standard InChI is InChI=1S/C37H34N6O2/c1-24(25-9-11-29(12-10-25)37(44)45)42-22-19-27(20-23-42)26-13-15-30(16-14-26)43-35(31-8-5-21-39-34(31)38)41-33-18-17-32(40-36(33)43)28-6-3-2-4-7-28/h2-18,21,24,27H,19-20,22-23H2,1H3,(H2,38,39)(H,44,45). The van der Waals surface area contributed by atoms with Gasteiger partial charge in [0, 0.05) is 23.5 Å². The zero-order chi connectivity index (χ0) is 30.9. The Hall–Kier alpha value is -5.34. The maximum atomic E-state index is 11.2. The molecule has 8 nitrogen and oxygen atoms in total. The molecule has 0 spiro atoms. The molecule has 1 fully saturated rings. The van der Waals surface area contributed by atoms with E-state index in [-0.39, 0.29) is 6.04 Å². The first-order valence-electron chi connectivity index (χ1n) is 15.3. The van der Waals surface area contributed by atoms with Gasteiger partial charge in [-0.05, 0) is 98.4 Å². The number of imidazole rings is 1. The lowest BCUT2D eigenvalue weighted by molar-refractivity contribution is 0.0696. The number of carboxylic acid groups (broad SMARTS) is 1. The van der Waals surface area contributed by atoms with E-state index >= 15 is 0 Å². The summed E-state index contributed by atoms with van der Waals surface area (Å²) in [5.41, 5.74) is 14.3. The number of nitrogen functional groups attached to an aromatic ring is 1. The van der Waals surface area contributed by atoms with Crippen LogP contribution in [0, 0.1) is 0 Å². The van der Waals surface area contributed by atoms with E-state index in [0.29, 0.717) is 23.1 Å². The van der Waals surface area contributed by atoms with Gasteiger partial charge in [-0.1, -0.05) is 54.6 Å². The fourth-order valence-corrected chi connectivity index (χ4v) is 6.39. The summed E-state index contributed by atoms with van der Waals surface area (Å²) in [4.78, 5) is 28.1. The average molecular weight is 595 g/mol. The number of aromatic nitrogens is 4. The molecule has 3 N–H and O–H groups in total. The van der Waals surface area contributed by atoms with Gasteiger partial charge >= 0.3 is 5.97 Å². The molecular formula is C37H34N6O2. The minimum absolute atomic E-state index is 0.234. The molecule has 1 aliphatic rings. The summed E-state index contributed by atoms with van der Waals surface area (Å²) in [7, 11) is 0. The van der Waals surface area contributed by atoms with E-state index in [1.54, 1.807) is 18.3 Å². The first-order valence-corrected chi connectivity index (χ1v) is 15.3. The molecule has 1 aliphatic heterocycles. The molecule has 3 aromatic carbocycles. The maximum absolute atomic E-state index is 11.2. The largest absolute Gasteiger partial charge is 0.478 e. The number of anilines is 1. The number of fused-ring (bicyclic) bond motifs is 1. The van der Waals surface area contributed by atoms with Gasteiger partial charge in [0.2, 0.25) is 0 Å². The smallest absolute Gasteiger partial charge is 0.335 e. The molecule has 1 atom stereocenters. The molecule has 4 heterocycles. The molecule has 45 heavy (non-hydrogen) atoms. The van der Waals surface area contributed by atoms with E-state index in [2.05, 4.69) is 57.8 Å². The van der Waals surface area contributed by atoms with Crippen LogP contribution in [0.2, 0.25) is 0 Å². The number of likely N-dealkylation sites (tertiary alicyclic amines) is 1. The number of rotatable bonds is 7. The fraction of sp³-hybridized carbons (Fsp3) is 0.189. The van der Waals surface area contributed by atoms with Gasteiger partial charge in [0.25, 0.3) is 0 Å². The van der Waals surface area contributed by atoms with Crippen molar-refractivity contribution in [3.63, 3.8) is 0 Å². The highest BCUT2D eigenvalue weighted by Gasteiger charge is 2.25. The van der Waals surface area contributed by atoms with Crippen LogP contribution in [0.25, 0.3) is 39.5 Å². The summed E-state index contributed by atoms with van der Waals surface area (Å²) in [6.07, 6.45) is 3.81. The predicted octanol–water partition coefficient (Wildman–Crippen LogP) is 7.37. The second-order valence-electron chi connectivity index (χ2n) is 11.6. The fourth-order valence-electron chi connectivity index (χ4n) is 6.39. The van der Waals surface area contributed by atoms with Crippen molar-refractivity contribution in [1.29, 1.82) is 0 Å². The Balaban J connectivity index is 1.16. The first-order chi connectivity index (χ1) is 22.0. The molecule has 0 radical (unpaired) electrons. The van der Waals surface area contributed by atoms with Crippen LogP contribution in [0.15, 0.2) is 109 Å². The zero-order valence-corrected chi connectivity index (χ0v) is 25.0. The summed E-state index contributed by atoms with van der Waals surface area (Å²) in [5.74, 6) is 0.702. The van der Waals surface area contributed by atoms with Crippen LogP contribution in [0.1, 0.15) is 53.2 Å². The molecule has 6 aromatic rings. The highest BCUT2D eigenvalue weighted by molar-refractivity contribution is 5.87. The van der Waals surface area contributed by atoms with E-state index in [1.165, 1.54) is 5.56 Å². The van der Waals surface area contributed by atoms with E-state index in [0.717, 1.165) is 65.2 Å². The summed E-state index contributed by atoms with van der Waals surface area (Å²) in [5, 5.41) is 9.22. The Labute approximate surface area is 261 Å². The second kappa shape index (κ2) is 12.0. The van der Waals surface area contributed by atoms with Crippen LogP contribution in [0.5, 0.6) is 0 Å². The van der Waals surface area contributed by atoms with Crippen molar-refractivity contribution < 1.29 is 9.90 Å². The highest BCUT2D eigenvalue weighted by atomic mass is 16.4. The molecule has 1 unspecified atom stereocenters. The number of nitrogens with two attached hydrogens (primary N) is 1. The van der Waals surface area contributed by atoms with Crippen molar-refractivity contribution in [3.8, 4) is 28.3 Å². The van der Waals surface area contributed by atoms with Crippen LogP contribution >= 0.6 is 0 Å². The maximum Gasteiger partial charge on any atom is 0.335 e. The molecule has 1 saturated heterocycles. The number of hydrogen-bond acceptors (Lipinski definition) is 6. The topological polar surface area (TPSA) is 110 Å². The summed E-state index contributed by atoms with van der Waals surface area (Å²) in [6, 6.07) is 34.3. The van der Waals surface area contributed by atoms with Crippen molar-refractivity contribution >= 4 is 23.0 Å². The van der Waals surface area contributed by atoms with Gasteiger partial charge in [0.1, 0.15) is 11.3 Å². The minimum atomic E-state index is -0.895. The van der Waals surface area contributed by atoms with Crippen LogP contribution in [0.4, 0.5) is 5.82 Å². The Morgan fingerprint density at radius 2 is 1.60 bits per heavy atom. The summed E-state index contributed by atoms with van der Waals surface area (Å²) in [6.45, 7) is 4.16. The lowest BCUT2D eigenvalue weighted by Crippen LogP contribution is -2.35. The van der Waals surface area contributed by atoms with Crippen LogP contribution in [-0.4, -0.2) is 48.6 Å². The molecular weight excluding hydrogens is 560 g/mol. The Bertz CT molecular complexity index is 1960. The summed E-state index contributed by atoms with van der Waals surface area (Å²) < 4.78 is 2.08. The van der Waals surface area contributed by atoms with E-state index in [4.69, 9.17) is 15.7 Å². The van der Waals surface area contributed by atoms with Crippen molar-refractivity contribution in [3.05, 3.63) is 126 Å². The third-order valence-corrected chi connectivity index (χ3v) is 8.99. The van der Waals surface area contributed by atoms with Gasteiger partial charge < -0.3 is 10.8 Å². The predicted molar refractivity (Wildman–Crippen MR) is 177 cm³/mol. The van der Waals surface area contributed by atoms with Gasteiger partial charge in [-0.15, -0.1) is 0 Å². The van der Waals surface area contributed by atoms with Gasteiger partial charge in [-0.2, -0.15) is 0 Å². The number of piperidine rings is 1. The molecule has 8 heteroatoms. The Kier molecular flexibility index (Phi) is 7.57.